The van der Waals surface area contributed by atoms with Crippen molar-refractivity contribution in [3.63, 3.8) is 0 Å². The molecule has 1 aliphatic heterocycles. The summed E-state index contributed by atoms with van der Waals surface area (Å²) in [6.45, 7) is 2.70. The molecular formula is C23H21F4N5O3S. The van der Waals surface area contributed by atoms with Crippen molar-refractivity contribution in [1.82, 2.24) is 20.3 Å². The van der Waals surface area contributed by atoms with Crippen LogP contribution in [0.1, 0.15) is 46.0 Å². The van der Waals surface area contributed by atoms with Gasteiger partial charge in [0.15, 0.2) is 12.4 Å². The number of nitrogens with one attached hydrogen (secondary N) is 1. The Labute approximate surface area is 207 Å². The summed E-state index contributed by atoms with van der Waals surface area (Å²) in [5, 5.41) is 3.28. The Kier molecular flexibility index (Phi) is 7.20. The summed E-state index contributed by atoms with van der Waals surface area (Å²) in [7, 11) is 0. The molecule has 0 saturated heterocycles. The Balaban J connectivity index is 1.68. The molecule has 8 nitrogen and oxygen atoms in total. The Hall–Kier alpha value is -3.61. The molecule has 2 aromatic heterocycles. The standard InChI is InChI=1S/C23H21F4N5O3S/c1-12-8-28-21(36-12)16-6-14(7-17-19(16)35-11-18(33)32(17)5-3-4-24)20(34)31-13(2)15-9-29-22(30-10-15)23(25,26)27/h6-10,13H,3-5,11H2,1-2H3,(H,31,34). The minimum Gasteiger partial charge on any atom is -0.481 e. The largest absolute Gasteiger partial charge is 0.481 e. The molecule has 0 fully saturated rings. The minimum atomic E-state index is -4.67. The highest BCUT2D eigenvalue weighted by atomic mass is 32.1. The first-order valence-electron chi connectivity index (χ1n) is 10.9. The molecule has 4 rings (SSSR count). The van der Waals surface area contributed by atoms with Crippen molar-refractivity contribution in [1.29, 1.82) is 0 Å². The number of alkyl halides is 4. The molecule has 3 aromatic rings. The third-order valence-corrected chi connectivity index (χ3v) is 6.35. The Morgan fingerprint density at radius 2 is 1.94 bits per heavy atom. The third-order valence-electron chi connectivity index (χ3n) is 5.40. The SMILES string of the molecule is Cc1cnc(-c2cc(C(=O)NC(C)c3cnc(C(F)(F)F)nc3)cc3c2OCC(=O)N3CCCF)s1. The molecule has 1 atom stereocenters. The summed E-state index contributed by atoms with van der Waals surface area (Å²) in [6.07, 6.45) is -0.892. The summed E-state index contributed by atoms with van der Waals surface area (Å²) in [5.41, 5.74) is 1.26. The highest BCUT2D eigenvalue weighted by Crippen LogP contribution is 2.43. The first-order chi connectivity index (χ1) is 17.1. The maximum atomic E-state index is 13.2. The van der Waals surface area contributed by atoms with Gasteiger partial charge in [-0.05, 0) is 32.4 Å². The number of ether oxygens (including phenoxy) is 1. The maximum absolute atomic E-state index is 13.2. The van der Waals surface area contributed by atoms with Crippen molar-refractivity contribution < 1.29 is 31.9 Å². The lowest BCUT2D eigenvalue weighted by atomic mass is 10.0. The van der Waals surface area contributed by atoms with Gasteiger partial charge in [-0.3, -0.25) is 14.0 Å². The molecule has 0 bridgehead atoms. The van der Waals surface area contributed by atoms with Crippen LogP contribution in [-0.2, 0) is 11.0 Å². The Morgan fingerprint density at radius 1 is 1.22 bits per heavy atom. The predicted molar refractivity (Wildman–Crippen MR) is 124 cm³/mol. The molecule has 0 saturated carbocycles. The first-order valence-corrected chi connectivity index (χ1v) is 11.7. The molecule has 0 radical (unpaired) electrons. The summed E-state index contributed by atoms with van der Waals surface area (Å²) in [5.74, 6) is -1.84. The molecule has 190 valence electrons. The number of carbonyl (C=O) groups excluding carboxylic acids is 2. The number of nitrogens with zero attached hydrogens (tertiary/aromatic N) is 4. The van der Waals surface area contributed by atoms with E-state index in [1.807, 2.05) is 6.92 Å². The van der Waals surface area contributed by atoms with Gasteiger partial charge in [-0.15, -0.1) is 11.3 Å². The van der Waals surface area contributed by atoms with Crippen molar-refractivity contribution in [2.24, 2.45) is 0 Å². The van der Waals surface area contributed by atoms with Crippen molar-refractivity contribution >= 4 is 28.8 Å². The lowest BCUT2D eigenvalue weighted by Crippen LogP contribution is -2.40. The molecule has 1 unspecified atom stereocenters. The molecule has 13 heteroatoms. The van der Waals surface area contributed by atoms with E-state index in [1.54, 1.807) is 19.2 Å². The van der Waals surface area contributed by atoms with Crippen LogP contribution >= 0.6 is 11.3 Å². The average molecular weight is 524 g/mol. The number of hydrogen-bond donors (Lipinski definition) is 1. The van der Waals surface area contributed by atoms with Crippen LogP contribution in [0.15, 0.2) is 30.7 Å². The number of hydrogen-bond acceptors (Lipinski definition) is 7. The predicted octanol–water partition coefficient (Wildman–Crippen LogP) is 4.50. The lowest BCUT2D eigenvalue weighted by molar-refractivity contribution is -0.145. The molecule has 0 aliphatic carbocycles. The molecule has 2 amide bonds. The lowest BCUT2D eigenvalue weighted by Gasteiger charge is -2.31. The molecule has 1 aromatic carbocycles. The van der Waals surface area contributed by atoms with E-state index in [1.165, 1.54) is 22.3 Å². The highest BCUT2D eigenvalue weighted by Gasteiger charge is 2.34. The quantitative estimate of drug-likeness (QED) is 0.458. The topological polar surface area (TPSA) is 97.3 Å². The average Bonchev–Trinajstić information content (AvgIpc) is 3.28. The number of fused-ring (bicyclic) bond motifs is 1. The van der Waals surface area contributed by atoms with Crippen LogP contribution in [0.25, 0.3) is 10.6 Å². The number of anilines is 1. The van der Waals surface area contributed by atoms with Crippen LogP contribution in [-0.4, -0.2) is 46.6 Å². The van der Waals surface area contributed by atoms with Gasteiger partial charge < -0.3 is 15.0 Å². The van der Waals surface area contributed by atoms with Gasteiger partial charge in [-0.2, -0.15) is 13.2 Å². The molecule has 0 spiro atoms. The fraction of sp³-hybridized carbons (Fsp3) is 0.348. The molecule has 1 N–H and O–H groups in total. The van der Waals surface area contributed by atoms with E-state index in [4.69, 9.17) is 4.74 Å². The minimum absolute atomic E-state index is 0.104. The van der Waals surface area contributed by atoms with E-state index in [0.717, 1.165) is 17.3 Å². The summed E-state index contributed by atoms with van der Waals surface area (Å²) >= 11 is 1.37. The number of amides is 2. The van der Waals surface area contributed by atoms with Crippen molar-refractivity contribution in [2.45, 2.75) is 32.5 Å². The maximum Gasteiger partial charge on any atom is 0.451 e. The Bertz CT molecular complexity index is 1280. The summed E-state index contributed by atoms with van der Waals surface area (Å²) in [4.78, 5) is 39.0. The number of benzene rings is 1. The zero-order valence-corrected chi connectivity index (χ0v) is 20.0. The normalized spacial score (nSPS) is 14.3. The zero-order chi connectivity index (χ0) is 26.0. The van der Waals surface area contributed by atoms with E-state index in [0.29, 0.717) is 22.0 Å². The van der Waals surface area contributed by atoms with Crippen molar-refractivity contribution in [3.05, 3.63) is 52.6 Å². The summed E-state index contributed by atoms with van der Waals surface area (Å²) < 4.78 is 56.8. The van der Waals surface area contributed by atoms with Crippen LogP contribution in [0.4, 0.5) is 23.2 Å². The van der Waals surface area contributed by atoms with Gasteiger partial charge in [-0.25, -0.2) is 15.0 Å². The van der Waals surface area contributed by atoms with Crippen LogP contribution in [0, 0.1) is 6.92 Å². The Morgan fingerprint density at radius 3 is 2.56 bits per heavy atom. The van der Waals surface area contributed by atoms with E-state index < -0.39 is 30.6 Å². The first kappa shape index (κ1) is 25.5. The van der Waals surface area contributed by atoms with Gasteiger partial charge in [0.2, 0.25) is 5.82 Å². The molecule has 1 aliphatic rings. The highest BCUT2D eigenvalue weighted by molar-refractivity contribution is 7.15. The number of carbonyl (C=O) groups is 2. The van der Waals surface area contributed by atoms with Crippen LogP contribution in [0.3, 0.4) is 0 Å². The van der Waals surface area contributed by atoms with Crippen LogP contribution in [0.2, 0.25) is 0 Å². The monoisotopic (exact) mass is 523 g/mol. The van der Waals surface area contributed by atoms with Gasteiger partial charge in [0, 0.05) is 41.1 Å². The van der Waals surface area contributed by atoms with E-state index in [9.17, 15) is 27.2 Å². The van der Waals surface area contributed by atoms with Gasteiger partial charge in [-0.1, -0.05) is 0 Å². The summed E-state index contributed by atoms with van der Waals surface area (Å²) in [6, 6.07) is 2.33. The van der Waals surface area contributed by atoms with Gasteiger partial charge in [0.05, 0.1) is 24.0 Å². The number of thiazole rings is 1. The van der Waals surface area contributed by atoms with E-state index >= 15 is 0 Å². The van der Waals surface area contributed by atoms with Crippen LogP contribution in [0.5, 0.6) is 5.75 Å². The molecular weight excluding hydrogens is 502 g/mol. The molecule has 36 heavy (non-hydrogen) atoms. The number of halogens is 4. The van der Waals surface area contributed by atoms with Gasteiger partial charge >= 0.3 is 6.18 Å². The van der Waals surface area contributed by atoms with E-state index in [2.05, 4.69) is 20.3 Å². The van der Waals surface area contributed by atoms with Gasteiger partial charge in [0.1, 0.15) is 5.01 Å². The second-order valence-corrected chi connectivity index (χ2v) is 9.29. The zero-order valence-electron chi connectivity index (χ0n) is 19.2. The number of rotatable bonds is 7. The third kappa shape index (κ3) is 5.30. The second-order valence-electron chi connectivity index (χ2n) is 8.06. The van der Waals surface area contributed by atoms with Crippen molar-refractivity contribution in [3.8, 4) is 16.3 Å². The molecule has 3 heterocycles. The second kappa shape index (κ2) is 10.2. The fourth-order valence-electron chi connectivity index (χ4n) is 3.62. The fourth-order valence-corrected chi connectivity index (χ4v) is 4.39. The number of aromatic nitrogens is 3. The van der Waals surface area contributed by atoms with E-state index in [-0.39, 0.29) is 36.6 Å². The number of aryl methyl sites for hydroxylation is 1. The van der Waals surface area contributed by atoms with Crippen LogP contribution < -0.4 is 15.0 Å². The van der Waals surface area contributed by atoms with Gasteiger partial charge in [0.25, 0.3) is 11.8 Å². The van der Waals surface area contributed by atoms with Crippen molar-refractivity contribution in [2.75, 3.05) is 24.7 Å². The smallest absolute Gasteiger partial charge is 0.451 e.